The second-order valence-electron chi connectivity index (χ2n) is 3.57. The van der Waals surface area contributed by atoms with Crippen LogP contribution in [0.2, 0.25) is 5.15 Å². The molecule has 6 nitrogen and oxygen atoms in total. The third-order valence-corrected chi connectivity index (χ3v) is 2.43. The Morgan fingerprint density at radius 3 is 2.76 bits per heavy atom. The van der Waals surface area contributed by atoms with Crippen molar-refractivity contribution in [3.63, 3.8) is 0 Å². The van der Waals surface area contributed by atoms with Gasteiger partial charge in [-0.2, -0.15) is 0 Å². The lowest BCUT2D eigenvalue weighted by molar-refractivity contribution is -0.119. The Kier molecular flexibility index (Phi) is 4.68. The lowest BCUT2D eigenvalue weighted by Gasteiger charge is -2.17. The van der Waals surface area contributed by atoms with Gasteiger partial charge in [0.25, 0.3) is 0 Å². The zero-order chi connectivity index (χ0) is 13.0. The molecule has 1 amide bonds. The summed E-state index contributed by atoms with van der Waals surface area (Å²) in [6.45, 7) is 1.25. The van der Waals surface area contributed by atoms with Gasteiger partial charge in [-0.3, -0.25) is 4.79 Å². The Morgan fingerprint density at radius 1 is 1.59 bits per heavy atom. The topological polar surface area (TPSA) is 108 Å². The molecule has 0 radical (unpaired) electrons. The number of aromatic nitrogens is 1. The third kappa shape index (κ3) is 3.85. The first-order valence-electron chi connectivity index (χ1n) is 4.94. The Labute approximate surface area is 103 Å². The van der Waals surface area contributed by atoms with Gasteiger partial charge >= 0.3 is 0 Å². The molecule has 0 saturated heterocycles. The van der Waals surface area contributed by atoms with E-state index in [9.17, 15) is 15.0 Å². The van der Waals surface area contributed by atoms with E-state index in [1.54, 1.807) is 0 Å². The Morgan fingerprint density at radius 2 is 2.24 bits per heavy atom. The predicted octanol–water partition coefficient (Wildman–Crippen LogP) is -0.152. The molecule has 1 aromatic heterocycles. The molecule has 0 spiro atoms. The van der Waals surface area contributed by atoms with Crippen LogP contribution in [0.4, 0.5) is 5.69 Å². The second kappa shape index (κ2) is 5.81. The Bertz CT molecular complexity index is 414. The number of halogens is 1. The molecule has 0 aromatic carbocycles. The number of nitrogens with one attached hydrogen (secondary N) is 1. The zero-order valence-corrected chi connectivity index (χ0v) is 9.98. The van der Waals surface area contributed by atoms with Gasteiger partial charge in [-0.15, -0.1) is 0 Å². The van der Waals surface area contributed by atoms with Crippen molar-refractivity contribution in [1.29, 1.82) is 0 Å². The molecule has 0 aliphatic heterocycles. The fourth-order valence-corrected chi connectivity index (χ4v) is 1.34. The minimum Gasteiger partial charge on any atom is -0.396 e. The summed E-state index contributed by atoms with van der Waals surface area (Å²) in [6.07, 6.45) is -2.40. The number of nitrogens with two attached hydrogens (primary N) is 1. The van der Waals surface area contributed by atoms with Crippen molar-refractivity contribution < 1.29 is 15.0 Å². The van der Waals surface area contributed by atoms with Gasteiger partial charge < -0.3 is 21.3 Å². The summed E-state index contributed by atoms with van der Waals surface area (Å²) in [4.78, 5) is 14.5. The average molecular weight is 260 g/mol. The molecule has 1 rings (SSSR count). The van der Waals surface area contributed by atoms with E-state index in [4.69, 9.17) is 17.3 Å². The van der Waals surface area contributed by atoms with Crippen molar-refractivity contribution in [3.05, 3.63) is 23.0 Å². The molecule has 0 aliphatic rings. The van der Waals surface area contributed by atoms with Gasteiger partial charge in [-0.1, -0.05) is 11.6 Å². The Balaban J connectivity index is 2.70. The number of nitrogens with zero attached hydrogens (tertiary/aromatic N) is 1. The Hall–Kier alpha value is -1.37. The summed E-state index contributed by atoms with van der Waals surface area (Å²) in [7, 11) is 0. The maximum Gasteiger partial charge on any atom is 0.216 e. The maximum atomic E-state index is 10.6. The van der Waals surface area contributed by atoms with E-state index in [0.29, 0.717) is 5.69 Å². The van der Waals surface area contributed by atoms with Crippen LogP contribution in [0.15, 0.2) is 12.1 Å². The summed E-state index contributed by atoms with van der Waals surface area (Å²) in [5.74, 6) is -0.292. The van der Waals surface area contributed by atoms with E-state index >= 15 is 0 Å². The molecule has 0 aliphatic carbocycles. The van der Waals surface area contributed by atoms with Gasteiger partial charge in [0.05, 0.1) is 11.4 Å². The quantitative estimate of drug-likeness (QED) is 0.562. The van der Waals surface area contributed by atoms with E-state index in [-0.39, 0.29) is 23.3 Å². The van der Waals surface area contributed by atoms with Crippen LogP contribution in [-0.2, 0) is 4.79 Å². The number of hydrogen-bond acceptors (Lipinski definition) is 5. The van der Waals surface area contributed by atoms with E-state index in [2.05, 4.69) is 10.3 Å². The molecule has 0 fully saturated rings. The first-order valence-corrected chi connectivity index (χ1v) is 5.32. The summed E-state index contributed by atoms with van der Waals surface area (Å²) in [5.41, 5.74) is 5.95. The summed E-state index contributed by atoms with van der Waals surface area (Å²) < 4.78 is 0. The second-order valence-corrected chi connectivity index (χ2v) is 3.92. The van der Waals surface area contributed by atoms with Crippen molar-refractivity contribution >= 4 is 23.2 Å². The fourth-order valence-electron chi connectivity index (χ4n) is 1.18. The standard InChI is InChI=1S/C10H14ClN3O3/c1-5(15)13-4-8(16)9(17)7-3-2-6(12)10(11)14-7/h2-3,8-9,16-17H,4,12H2,1H3,(H,13,15). The lowest BCUT2D eigenvalue weighted by atomic mass is 10.1. The van der Waals surface area contributed by atoms with Gasteiger partial charge in [-0.25, -0.2) is 4.98 Å². The fraction of sp³-hybridized carbons (Fsp3) is 0.400. The van der Waals surface area contributed by atoms with Crippen LogP contribution in [0.3, 0.4) is 0 Å². The number of aliphatic hydroxyl groups is 2. The van der Waals surface area contributed by atoms with Gasteiger partial charge in [-0.05, 0) is 12.1 Å². The number of carbonyl (C=O) groups excluding carboxylic acids is 1. The van der Waals surface area contributed by atoms with Crippen LogP contribution >= 0.6 is 11.6 Å². The molecular weight excluding hydrogens is 246 g/mol. The molecule has 1 aromatic rings. The van der Waals surface area contributed by atoms with Crippen molar-refractivity contribution in [2.24, 2.45) is 0 Å². The molecule has 2 unspecified atom stereocenters. The van der Waals surface area contributed by atoms with Crippen LogP contribution in [0, 0.1) is 0 Å². The number of carbonyl (C=O) groups is 1. The van der Waals surface area contributed by atoms with Gasteiger partial charge in [0, 0.05) is 13.5 Å². The maximum absolute atomic E-state index is 10.6. The number of hydrogen-bond donors (Lipinski definition) is 4. The minimum atomic E-state index is -1.24. The average Bonchev–Trinajstić information content (AvgIpc) is 2.28. The summed E-state index contributed by atoms with van der Waals surface area (Å²) in [6, 6.07) is 2.95. The van der Waals surface area contributed by atoms with Crippen LogP contribution in [-0.4, -0.2) is 33.8 Å². The largest absolute Gasteiger partial charge is 0.396 e. The molecule has 17 heavy (non-hydrogen) atoms. The first-order chi connectivity index (χ1) is 7.91. The zero-order valence-electron chi connectivity index (χ0n) is 9.22. The molecule has 7 heteroatoms. The summed E-state index contributed by atoms with van der Waals surface area (Å²) in [5, 5.41) is 21.8. The monoisotopic (exact) mass is 259 g/mol. The first kappa shape index (κ1) is 13.7. The normalized spacial score (nSPS) is 14.1. The number of anilines is 1. The highest BCUT2D eigenvalue weighted by molar-refractivity contribution is 6.31. The van der Waals surface area contributed by atoms with E-state index in [0.717, 1.165) is 0 Å². The van der Waals surface area contributed by atoms with E-state index in [1.807, 2.05) is 0 Å². The highest BCUT2D eigenvalue weighted by Crippen LogP contribution is 2.21. The number of aliphatic hydroxyl groups excluding tert-OH is 2. The molecule has 94 valence electrons. The van der Waals surface area contributed by atoms with Gasteiger partial charge in [0.2, 0.25) is 5.91 Å². The van der Waals surface area contributed by atoms with Crippen molar-refractivity contribution in [2.75, 3.05) is 12.3 Å². The van der Waals surface area contributed by atoms with E-state index < -0.39 is 12.2 Å². The van der Waals surface area contributed by atoms with Crippen LogP contribution in [0.5, 0.6) is 0 Å². The van der Waals surface area contributed by atoms with Gasteiger partial charge in [0.15, 0.2) is 5.15 Å². The summed E-state index contributed by atoms with van der Waals surface area (Å²) >= 11 is 5.69. The molecule has 5 N–H and O–H groups in total. The SMILES string of the molecule is CC(=O)NCC(O)C(O)c1ccc(N)c(Cl)n1. The molecule has 2 atom stereocenters. The molecule has 1 heterocycles. The van der Waals surface area contributed by atoms with Crippen molar-refractivity contribution in [3.8, 4) is 0 Å². The van der Waals surface area contributed by atoms with Crippen LogP contribution in [0.1, 0.15) is 18.7 Å². The van der Waals surface area contributed by atoms with Crippen molar-refractivity contribution in [2.45, 2.75) is 19.1 Å². The number of pyridine rings is 1. The predicted molar refractivity (Wildman–Crippen MR) is 63.3 cm³/mol. The molecule has 0 saturated carbocycles. The van der Waals surface area contributed by atoms with Crippen molar-refractivity contribution in [1.82, 2.24) is 10.3 Å². The van der Waals surface area contributed by atoms with E-state index in [1.165, 1.54) is 19.1 Å². The van der Waals surface area contributed by atoms with Crippen LogP contribution in [0.25, 0.3) is 0 Å². The van der Waals surface area contributed by atoms with Gasteiger partial charge in [0.1, 0.15) is 12.2 Å². The van der Waals surface area contributed by atoms with Crippen LogP contribution < -0.4 is 11.1 Å². The smallest absolute Gasteiger partial charge is 0.216 e. The lowest BCUT2D eigenvalue weighted by Crippen LogP contribution is -2.34. The molecular formula is C10H14ClN3O3. The number of rotatable bonds is 4. The third-order valence-electron chi connectivity index (χ3n) is 2.13. The number of nitrogen functional groups attached to an aromatic ring is 1. The highest BCUT2D eigenvalue weighted by Gasteiger charge is 2.20. The minimum absolute atomic E-state index is 0.0632. The highest BCUT2D eigenvalue weighted by atomic mass is 35.5. The number of amides is 1. The molecule has 0 bridgehead atoms.